The van der Waals surface area contributed by atoms with E-state index in [1.54, 1.807) is 11.3 Å². The SMILES string of the molecule is Cc1cc2c(N3CCCCC3C(N)=O)nc(NN)nc2s1. The number of carbonyl (C=O) groups is 1. The molecule has 8 heteroatoms. The van der Waals surface area contributed by atoms with Crippen molar-refractivity contribution in [1.82, 2.24) is 9.97 Å². The van der Waals surface area contributed by atoms with Gasteiger partial charge in [-0.2, -0.15) is 4.98 Å². The molecule has 3 heterocycles. The van der Waals surface area contributed by atoms with E-state index in [4.69, 9.17) is 11.6 Å². The number of anilines is 2. The van der Waals surface area contributed by atoms with Crippen LogP contribution in [0.15, 0.2) is 6.07 Å². The van der Waals surface area contributed by atoms with E-state index in [9.17, 15) is 4.79 Å². The van der Waals surface area contributed by atoms with Gasteiger partial charge in [0.2, 0.25) is 11.9 Å². The number of piperidine rings is 1. The number of primary amides is 1. The van der Waals surface area contributed by atoms with Gasteiger partial charge in [-0.25, -0.2) is 10.8 Å². The van der Waals surface area contributed by atoms with Gasteiger partial charge < -0.3 is 10.6 Å². The lowest BCUT2D eigenvalue weighted by molar-refractivity contribution is -0.119. The lowest BCUT2D eigenvalue weighted by Gasteiger charge is -2.35. The first-order valence-corrected chi connectivity index (χ1v) is 7.72. The monoisotopic (exact) mass is 306 g/mol. The van der Waals surface area contributed by atoms with Crippen molar-refractivity contribution in [1.29, 1.82) is 0 Å². The molecule has 7 nitrogen and oxygen atoms in total. The fourth-order valence-electron chi connectivity index (χ4n) is 2.79. The van der Waals surface area contributed by atoms with E-state index < -0.39 is 0 Å². The number of thiophene rings is 1. The molecule has 1 saturated heterocycles. The molecule has 2 aromatic rings. The highest BCUT2D eigenvalue weighted by molar-refractivity contribution is 7.18. The summed E-state index contributed by atoms with van der Waals surface area (Å²) in [6.07, 6.45) is 2.78. The Morgan fingerprint density at radius 2 is 2.29 bits per heavy atom. The van der Waals surface area contributed by atoms with Gasteiger partial charge in [0.05, 0.1) is 5.39 Å². The van der Waals surface area contributed by atoms with Crippen molar-refractivity contribution in [2.75, 3.05) is 16.9 Å². The van der Waals surface area contributed by atoms with Crippen LogP contribution in [-0.4, -0.2) is 28.5 Å². The summed E-state index contributed by atoms with van der Waals surface area (Å²) in [5.41, 5.74) is 8.05. The van der Waals surface area contributed by atoms with Crippen LogP contribution < -0.4 is 21.9 Å². The number of carbonyl (C=O) groups excluding carboxylic acids is 1. The highest BCUT2D eigenvalue weighted by atomic mass is 32.1. The van der Waals surface area contributed by atoms with Gasteiger partial charge in [0, 0.05) is 11.4 Å². The number of amides is 1. The van der Waals surface area contributed by atoms with Crippen LogP contribution in [0.25, 0.3) is 10.2 Å². The van der Waals surface area contributed by atoms with Gasteiger partial charge in [-0.05, 0) is 32.3 Å². The molecule has 1 aliphatic heterocycles. The Balaban J connectivity index is 2.14. The molecule has 112 valence electrons. The molecule has 2 aromatic heterocycles. The van der Waals surface area contributed by atoms with Crippen molar-refractivity contribution >= 4 is 39.2 Å². The topological polar surface area (TPSA) is 110 Å². The fraction of sp³-hybridized carbons (Fsp3) is 0.462. The number of nitrogens with two attached hydrogens (primary N) is 2. The average Bonchev–Trinajstić information content (AvgIpc) is 2.86. The summed E-state index contributed by atoms with van der Waals surface area (Å²) in [5, 5.41) is 0.949. The van der Waals surface area contributed by atoms with Crippen molar-refractivity contribution < 1.29 is 4.79 Å². The second-order valence-electron chi connectivity index (χ2n) is 5.20. The van der Waals surface area contributed by atoms with E-state index in [-0.39, 0.29) is 11.9 Å². The van der Waals surface area contributed by atoms with Crippen molar-refractivity contribution in [3.05, 3.63) is 10.9 Å². The van der Waals surface area contributed by atoms with Crippen LogP contribution in [0.4, 0.5) is 11.8 Å². The summed E-state index contributed by atoms with van der Waals surface area (Å²) in [6, 6.07) is 1.73. The molecule has 0 saturated carbocycles. The number of fused-ring (bicyclic) bond motifs is 1. The molecule has 0 aliphatic carbocycles. The molecule has 1 atom stereocenters. The van der Waals surface area contributed by atoms with Gasteiger partial charge >= 0.3 is 0 Å². The zero-order valence-corrected chi connectivity index (χ0v) is 12.6. The maximum atomic E-state index is 11.7. The van der Waals surface area contributed by atoms with Crippen molar-refractivity contribution in [3.8, 4) is 0 Å². The predicted molar refractivity (Wildman–Crippen MR) is 84.1 cm³/mol. The summed E-state index contributed by atoms with van der Waals surface area (Å²) < 4.78 is 0. The van der Waals surface area contributed by atoms with E-state index in [0.29, 0.717) is 5.95 Å². The predicted octanol–water partition coefficient (Wildman–Crippen LogP) is 1.13. The van der Waals surface area contributed by atoms with Crippen LogP contribution in [-0.2, 0) is 4.79 Å². The minimum absolute atomic E-state index is 0.310. The second kappa shape index (κ2) is 5.45. The van der Waals surface area contributed by atoms with Crippen LogP contribution in [0.5, 0.6) is 0 Å². The molecule has 0 aromatic carbocycles. The molecule has 1 fully saturated rings. The minimum atomic E-state index is -0.317. The summed E-state index contributed by atoms with van der Waals surface area (Å²) in [5.74, 6) is 6.24. The van der Waals surface area contributed by atoms with Crippen LogP contribution in [0.3, 0.4) is 0 Å². The average molecular weight is 306 g/mol. The molecule has 21 heavy (non-hydrogen) atoms. The standard InChI is InChI=1S/C13H18N6OS/c1-7-6-8-11(16-13(18-15)17-12(8)21-7)19-5-3-2-4-9(19)10(14)20/h6,9H,2-5,15H2,1H3,(H2,14,20)(H,16,17,18). The summed E-state index contributed by atoms with van der Waals surface area (Å²) in [7, 11) is 0. The smallest absolute Gasteiger partial charge is 0.240 e. The normalized spacial score (nSPS) is 19.0. The van der Waals surface area contributed by atoms with Gasteiger partial charge in [0.25, 0.3) is 0 Å². The highest BCUT2D eigenvalue weighted by Gasteiger charge is 2.30. The second-order valence-corrected chi connectivity index (χ2v) is 6.43. The van der Waals surface area contributed by atoms with Crippen LogP contribution in [0.2, 0.25) is 0 Å². The Morgan fingerprint density at radius 3 is 3.00 bits per heavy atom. The maximum absolute atomic E-state index is 11.7. The van der Waals surface area contributed by atoms with E-state index in [2.05, 4.69) is 15.4 Å². The Bertz CT molecular complexity index is 685. The van der Waals surface area contributed by atoms with Crippen LogP contribution in [0.1, 0.15) is 24.1 Å². The minimum Gasteiger partial charge on any atom is -0.368 e. The molecule has 0 bridgehead atoms. The number of nitrogen functional groups attached to an aromatic ring is 1. The van der Waals surface area contributed by atoms with Gasteiger partial charge in [0.15, 0.2) is 0 Å². The maximum Gasteiger partial charge on any atom is 0.240 e. The number of aromatic nitrogens is 2. The molecule has 5 N–H and O–H groups in total. The molecule has 0 spiro atoms. The number of hydrogen-bond donors (Lipinski definition) is 3. The molecular formula is C13H18N6OS. The number of rotatable bonds is 3. The van der Waals surface area contributed by atoms with Crippen molar-refractivity contribution in [2.45, 2.75) is 32.2 Å². The Hall–Kier alpha value is -1.93. The molecule has 1 aliphatic rings. The number of hydrogen-bond acceptors (Lipinski definition) is 7. The zero-order chi connectivity index (χ0) is 15.0. The molecule has 3 rings (SSSR count). The summed E-state index contributed by atoms with van der Waals surface area (Å²) in [4.78, 5) is 24.6. The number of nitrogens with one attached hydrogen (secondary N) is 1. The third-order valence-electron chi connectivity index (χ3n) is 3.73. The first kappa shape index (κ1) is 14.0. The van der Waals surface area contributed by atoms with Crippen molar-refractivity contribution in [3.63, 3.8) is 0 Å². The van der Waals surface area contributed by atoms with Gasteiger partial charge in [-0.1, -0.05) is 0 Å². The number of hydrazine groups is 1. The summed E-state index contributed by atoms with van der Waals surface area (Å²) >= 11 is 1.58. The lowest BCUT2D eigenvalue weighted by atomic mass is 10.0. The number of aryl methyl sites for hydroxylation is 1. The van der Waals surface area contributed by atoms with Crippen LogP contribution in [0, 0.1) is 6.92 Å². The van der Waals surface area contributed by atoms with Gasteiger partial charge in [-0.3, -0.25) is 10.2 Å². The van der Waals surface area contributed by atoms with E-state index in [0.717, 1.165) is 46.7 Å². The number of nitrogens with zero attached hydrogens (tertiary/aromatic N) is 3. The van der Waals surface area contributed by atoms with Gasteiger partial charge in [0.1, 0.15) is 16.7 Å². The first-order valence-electron chi connectivity index (χ1n) is 6.91. The Kier molecular flexibility index (Phi) is 3.64. The third-order valence-corrected chi connectivity index (χ3v) is 4.67. The van der Waals surface area contributed by atoms with Gasteiger partial charge in [-0.15, -0.1) is 11.3 Å². The van der Waals surface area contributed by atoms with E-state index in [1.165, 1.54) is 0 Å². The Morgan fingerprint density at radius 1 is 1.48 bits per heavy atom. The summed E-state index contributed by atoms with van der Waals surface area (Å²) in [6.45, 7) is 2.78. The first-order chi connectivity index (χ1) is 10.1. The molecule has 1 amide bonds. The highest BCUT2D eigenvalue weighted by Crippen LogP contribution is 2.34. The largest absolute Gasteiger partial charge is 0.368 e. The molecular weight excluding hydrogens is 288 g/mol. The van der Waals surface area contributed by atoms with E-state index in [1.807, 2.05) is 17.9 Å². The molecule has 1 unspecified atom stereocenters. The van der Waals surface area contributed by atoms with E-state index >= 15 is 0 Å². The quantitative estimate of drug-likeness (QED) is 0.579. The van der Waals surface area contributed by atoms with Crippen LogP contribution >= 0.6 is 11.3 Å². The van der Waals surface area contributed by atoms with Crippen molar-refractivity contribution in [2.24, 2.45) is 11.6 Å². The Labute approximate surface area is 126 Å². The third kappa shape index (κ3) is 2.52. The fourth-order valence-corrected chi connectivity index (χ4v) is 3.67. The molecule has 0 radical (unpaired) electrons. The lowest BCUT2D eigenvalue weighted by Crippen LogP contribution is -2.48. The zero-order valence-electron chi connectivity index (χ0n) is 11.8.